The zero-order valence-electron chi connectivity index (χ0n) is 51.6. The Morgan fingerprint density at radius 1 is 0.313 bits per heavy atom. The summed E-state index contributed by atoms with van der Waals surface area (Å²) in [5, 5.41) is 32.6. The Bertz CT molecular complexity index is 5270. The van der Waals surface area contributed by atoms with Crippen LogP contribution in [0.1, 0.15) is 34.0 Å². The molecule has 486 valence electrons. The largest absolute Gasteiger partial charge is 0.508 e. The molecule has 0 unspecified atom stereocenters. The van der Waals surface area contributed by atoms with Crippen molar-refractivity contribution in [2.24, 2.45) is 0 Å². The van der Waals surface area contributed by atoms with Gasteiger partial charge < -0.3 is 28.6 Å². The summed E-state index contributed by atoms with van der Waals surface area (Å²) in [4.78, 5) is 45.0. The molecule has 3 amide bonds. The minimum atomic E-state index is -0.261. The normalized spacial score (nSPS) is 14.7. The van der Waals surface area contributed by atoms with Crippen molar-refractivity contribution in [2.45, 2.75) is 0 Å². The SMILES string of the molecule is O=C1/C(=C/c2ccc(-c3cc(Cl)ccc3Cl)o2)C=C(c2ccccc2)N1c1ccc(O)cc1.O=C1/C(=C/c2ccc(-c3ccc(Cl)c(Cl)c3)o2)C=C(c2ccccc2)N1c1ccc(O)cc1.O=C1/C(=C/c2ccc(-c3ccc(Cl)c(Cl)c3)o2)C=C(c2ccccc2)N1c1ccccc1O. The highest BCUT2D eigenvalue weighted by molar-refractivity contribution is 6.43. The van der Waals surface area contributed by atoms with Crippen molar-refractivity contribution in [3.05, 3.63) is 354 Å². The number of rotatable bonds is 12. The fraction of sp³-hybridized carbons (Fsp3) is 0. The van der Waals surface area contributed by atoms with E-state index in [1.165, 1.54) is 4.90 Å². The Morgan fingerprint density at radius 2 is 0.677 bits per heavy atom. The molecule has 9 aromatic carbocycles. The molecular formula is C81H51Cl6N3O9. The van der Waals surface area contributed by atoms with Crippen molar-refractivity contribution in [1.82, 2.24) is 0 Å². The predicted molar refractivity (Wildman–Crippen MR) is 396 cm³/mol. The lowest BCUT2D eigenvalue weighted by Gasteiger charge is -2.21. The molecule has 15 rings (SSSR count). The lowest BCUT2D eigenvalue weighted by atomic mass is 10.1. The van der Waals surface area contributed by atoms with E-state index < -0.39 is 0 Å². The molecule has 0 spiro atoms. The second-order valence-corrected chi connectivity index (χ2v) is 24.9. The van der Waals surface area contributed by atoms with Crippen LogP contribution >= 0.6 is 69.6 Å². The quantitative estimate of drug-likeness (QED) is 0.101. The number of benzene rings is 9. The first-order valence-electron chi connectivity index (χ1n) is 30.5. The first kappa shape index (κ1) is 66.4. The summed E-state index contributed by atoms with van der Waals surface area (Å²) in [5.41, 5.74) is 10.2. The smallest absolute Gasteiger partial charge is 0.263 e. The minimum absolute atomic E-state index is 0.0221. The van der Waals surface area contributed by atoms with Gasteiger partial charge in [0.05, 0.1) is 47.9 Å². The summed E-state index contributed by atoms with van der Waals surface area (Å²) in [7, 11) is 0. The van der Waals surface area contributed by atoms with E-state index in [0.717, 1.165) is 39.2 Å². The molecule has 6 heterocycles. The summed E-state index contributed by atoms with van der Waals surface area (Å²) < 4.78 is 17.9. The van der Waals surface area contributed by atoms with Crippen LogP contribution < -0.4 is 14.7 Å². The zero-order chi connectivity index (χ0) is 68.8. The van der Waals surface area contributed by atoms with Crippen LogP contribution in [0, 0.1) is 0 Å². The lowest BCUT2D eigenvalue weighted by molar-refractivity contribution is -0.114. The van der Waals surface area contributed by atoms with E-state index in [-0.39, 0.29) is 35.0 Å². The third kappa shape index (κ3) is 14.7. The predicted octanol–water partition coefficient (Wildman–Crippen LogP) is 22.3. The molecule has 3 aliphatic heterocycles. The monoisotopic (exact) mass is 1420 g/mol. The molecule has 99 heavy (non-hydrogen) atoms. The van der Waals surface area contributed by atoms with E-state index in [4.69, 9.17) is 82.9 Å². The highest BCUT2D eigenvalue weighted by Gasteiger charge is 2.34. The number of carbonyl (C=O) groups is 3. The van der Waals surface area contributed by atoms with Gasteiger partial charge in [-0.1, -0.05) is 173 Å². The Balaban J connectivity index is 0.000000133. The number of aromatic hydroxyl groups is 3. The standard InChI is InChI=1S/3C27H17Cl2NO3/c28-21-12-10-18(15-22(21)29)26-13-11-20(33-26)14-19-16-24(17-6-2-1-3-7-17)30(27(19)32)23-8-4-5-9-25(23)31;28-19-6-12-24(29)23(16-19)26-13-11-22(33-26)14-18-15-25(17-4-2-1-3-5-17)30(27(18)32)20-7-9-21(31)10-8-20;28-23-12-6-18(15-24(23)29)26-13-11-22(33-26)14-19-16-25(17-4-2-1-3-5-17)30(27(19)32)20-7-9-21(31)10-8-20/h3*1-16,31H/b19-14+;18-14+;19-14+. The average molecular weight is 1420 g/mol. The van der Waals surface area contributed by atoms with Crippen molar-refractivity contribution in [3.8, 4) is 51.2 Å². The van der Waals surface area contributed by atoms with Gasteiger partial charge in [0, 0.05) is 49.8 Å². The number of nitrogens with zero attached hydrogens (tertiary/aromatic N) is 3. The second-order valence-electron chi connectivity index (χ2n) is 22.4. The van der Waals surface area contributed by atoms with Gasteiger partial charge in [-0.15, -0.1) is 0 Å². The first-order chi connectivity index (χ1) is 48.0. The number of anilines is 3. The molecule has 0 fully saturated rings. The number of furan rings is 3. The third-order valence-corrected chi connectivity index (χ3v) is 17.9. The van der Waals surface area contributed by atoms with Gasteiger partial charge in [0.1, 0.15) is 51.8 Å². The van der Waals surface area contributed by atoms with Crippen LogP contribution in [0.15, 0.2) is 303 Å². The van der Waals surface area contributed by atoms with Crippen LogP contribution in [0.4, 0.5) is 17.1 Å². The maximum atomic E-state index is 13.4. The molecule has 0 aliphatic carbocycles. The van der Waals surface area contributed by atoms with E-state index in [0.29, 0.717) is 110 Å². The second kappa shape index (κ2) is 29.3. The molecule has 12 aromatic rings. The van der Waals surface area contributed by atoms with Crippen LogP contribution in [-0.2, 0) is 14.4 Å². The van der Waals surface area contributed by atoms with Gasteiger partial charge in [-0.25, -0.2) is 0 Å². The average Bonchev–Trinajstić information content (AvgIpc) is 1.65. The zero-order valence-corrected chi connectivity index (χ0v) is 56.1. The van der Waals surface area contributed by atoms with Gasteiger partial charge in [-0.3, -0.25) is 29.1 Å². The molecule has 3 aromatic heterocycles. The Kier molecular flexibility index (Phi) is 19.6. The van der Waals surface area contributed by atoms with Crippen molar-refractivity contribution in [1.29, 1.82) is 0 Å². The first-order valence-corrected chi connectivity index (χ1v) is 32.8. The number of halogens is 6. The van der Waals surface area contributed by atoms with Crippen LogP contribution in [0.3, 0.4) is 0 Å². The van der Waals surface area contributed by atoms with Gasteiger partial charge >= 0.3 is 0 Å². The fourth-order valence-corrected chi connectivity index (χ4v) is 12.1. The summed E-state index contributed by atoms with van der Waals surface area (Å²) in [6.07, 6.45) is 10.6. The Morgan fingerprint density at radius 3 is 1.09 bits per heavy atom. The summed E-state index contributed by atoms with van der Waals surface area (Å²) in [6.45, 7) is 0. The Labute approximate surface area is 598 Å². The van der Waals surface area contributed by atoms with Crippen molar-refractivity contribution < 1.29 is 43.0 Å². The van der Waals surface area contributed by atoms with E-state index in [1.54, 1.807) is 174 Å². The lowest BCUT2D eigenvalue weighted by Crippen LogP contribution is -2.25. The fourth-order valence-electron chi connectivity index (χ4n) is 11.1. The number of para-hydroxylation sites is 2. The topological polar surface area (TPSA) is 161 Å². The highest BCUT2D eigenvalue weighted by atomic mass is 35.5. The van der Waals surface area contributed by atoms with E-state index >= 15 is 0 Å². The Hall–Kier alpha value is -11.2. The molecule has 0 radical (unpaired) electrons. The maximum absolute atomic E-state index is 13.4. The molecule has 12 nitrogen and oxygen atoms in total. The van der Waals surface area contributed by atoms with Gasteiger partial charge in [0.15, 0.2) is 0 Å². The molecule has 0 saturated heterocycles. The van der Waals surface area contributed by atoms with E-state index in [1.807, 2.05) is 127 Å². The minimum Gasteiger partial charge on any atom is -0.508 e. The van der Waals surface area contributed by atoms with Crippen LogP contribution in [0.2, 0.25) is 30.1 Å². The summed E-state index contributed by atoms with van der Waals surface area (Å²) in [6, 6.07) is 75.2. The number of phenols is 3. The van der Waals surface area contributed by atoms with Gasteiger partial charge in [0.2, 0.25) is 0 Å². The molecule has 0 saturated carbocycles. The molecule has 0 atom stereocenters. The van der Waals surface area contributed by atoms with Gasteiger partial charge in [-0.05, 0) is 205 Å². The van der Waals surface area contributed by atoms with Crippen LogP contribution in [0.5, 0.6) is 17.2 Å². The van der Waals surface area contributed by atoms with E-state index in [2.05, 4.69) is 0 Å². The molecule has 0 bridgehead atoms. The molecule has 3 aliphatic rings. The van der Waals surface area contributed by atoms with Gasteiger partial charge in [0.25, 0.3) is 17.7 Å². The molecule has 18 heteroatoms. The summed E-state index contributed by atoms with van der Waals surface area (Å²) >= 11 is 36.7. The third-order valence-electron chi connectivity index (χ3n) is 15.9. The number of amides is 3. The number of hydrogen-bond acceptors (Lipinski definition) is 9. The number of carbonyl (C=O) groups excluding carboxylic acids is 3. The molecular weight excluding hydrogens is 1370 g/mol. The van der Waals surface area contributed by atoms with Crippen LogP contribution in [-0.4, -0.2) is 33.0 Å². The maximum Gasteiger partial charge on any atom is 0.263 e. The van der Waals surface area contributed by atoms with Crippen LogP contribution in [0.25, 0.3) is 69.3 Å². The van der Waals surface area contributed by atoms with Crippen molar-refractivity contribution in [2.75, 3.05) is 14.7 Å². The van der Waals surface area contributed by atoms with Crippen molar-refractivity contribution in [3.63, 3.8) is 0 Å². The number of phenolic OH excluding ortho intramolecular Hbond substituents is 3. The van der Waals surface area contributed by atoms with E-state index in [9.17, 15) is 29.7 Å². The highest BCUT2D eigenvalue weighted by Crippen LogP contribution is 2.43. The summed E-state index contributed by atoms with van der Waals surface area (Å²) in [5.74, 6) is 3.00. The molecule has 3 N–H and O–H groups in total. The number of hydrogen-bond donors (Lipinski definition) is 3. The van der Waals surface area contributed by atoms with Gasteiger partial charge in [-0.2, -0.15) is 0 Å². The van der Waals surface area contributed by atoms with Crippen molar-refractivity contribution >= 4 is 140 Å².